The lowest BCUT2D eigenvalue weighted by molar-refractivity contribution is 0.397. The van der Waals surface area contributed by atoms with Crippen molar-refractivity contribution < 1.29 is 0 Å². The molecule has 0 aromatic carbocycles. The van der Waals surface area contributed by atoms with Gasteiger partial charge in [-0.05, 0) is 26.7 Å². The second kappa shape index (κ2) is 9.31. The maximum atomic E-state index is 4.74. The van der Waals surface area contributed by atoms with Crippen molar-refractivity contribution in [3.8, 4) is 0 Å². The molecule has 3 rings (SSSR count). The van der Waals surface area contributed by atoms with Crippen LogP contribution >= 0.6 is 35.3 Å². The third kappa shape index (κ3) is 5.63. The first-order valence-corrected chi connectivity index (χ1v) is 10.2. The quantitative estimate of drug-likeness (QED) is 0.379. The van der Waals surface area contributed by atoms with Crippen LogP contribution < -0.4 is 10.6 Å². The van der Waals surface area contributed by atoms with Crippen molar-refractivity contribution in [2.75, 3.05) is 6.54 Å². The minimum absolute atomic E-state index is 0. The molecule has 2 N–H and O–H groups in total. The Morgan fingerprint density at radius 2 is 2.15 bits per heavy atom. The number of hydrogen-bond acceptors (Lipinski definition) is 5. The predicted molar refractivity (Wildman–Crippen MR) is 121 cm³/mol. The van der Waals surface area contributed by atoms with Gasteiger partial charge in [0.1, 0.15) is 16.7 Å². The van der Waals surface area contributed by atoms with Crippen molar-refractivity contribution >= 4 is 41.3 Å². The van der Waals surface area contributed by atoms with Crippen molar-refractivity contribution in [3.05, 3.63) is 27.7 Å². The van der Waals surface area contributed by atoms with Crippen molar-refractivity contribution in [1.29, 1.82) is 0 Å². The molecule has 7 nitrogen and oxygen atoms in total. The summed E-state index contributed by atoms with van der Waals surface area (Å²) < 4.78 is 2.01. The summed E-state index contributed by atoms with van der Waals surface area (Å²) in [6, 6.07) is 0.143. The monoisotopic (exact) mass is 503 g/mol. The van der Waals surface area contributed by atoms with Crippen molar-refractivity contribution in [2.45, 2.75) is 72.0 Å². The fourth-order valence-corrected chi connectivity index (χ4v) is 3.91. The molecular formula is C18H30IN7S. The van der Waals surface area contributed by atoms with E-state index in [4.69, 9.17) is 9.98 Å². The zero-order valence-electron chi connectivity index (χ0n) is 16.7. The van der Waals surface area contributed by atoms with Crippen LogP contribution in [0.25, 0.3) is 0 Å². The zero-order chi connectivity index (χ0) is 18.7. The Hall–Kier alpha value is -1.23. The molecule has 27 heavy (non-hydrogen) atoms. The van der Waals surface area contributed by atoms with Gasteiger partial charge in [0.15, 0.2) is 5.96 Å². The lowest BCUT2D eigenvalue weighted by atomic mass is 9.93. The van der Waals surface area contributed by atoms with E-state index < -0.39 is 0 Å². The number of nitrogens with one attached hydrogen (secondary N) is 2. The van der Waals surface area contributed by atoms with Crippen molar-refractivity contribution in [1.82, 2.24) is 30.4 Å². The second-order valence-electron chi connectivity index (χ2n) is 7.65. The summed E-state index contributed by atoms with van der Waals surface area (Å²) in [4.78, 5) is 14.1. The molecular weight excluding hydrogens is 473 g/mol. The Morgan fingerprint density at radius 3 is 2.81 bits per heavy atom. The third-order valence-corrected chi connectivity index (χ3v) is 5.16. The van der Waals surface area contributed by atoms with Crippen molar-refractivity contribution in [3.63, 3.8) is 0 Å². The van der Waals surface area contributed by atoms with Crippen LogP contribution in [0.4, 0.5) is 0 Å². The highest BCUT2D eigenvalue weighted by atomic mass is 127. The summed E-state index contributed by atoms with van der Waals surface area (Å²) in [5.74, 6) is 2.64. The Morgan fingerprint density at radius 1 is 1.37 bits per heavy atom. The third-order valence-electron chi connectivity index (χ3n) is 4.33. The van der Waals surface area contributed by atoms with E-state index in [1.54, 1.807) is 11.3 Å². The van der Waals surface area contributed by atoms with Gasteiger partial charge in [0.05, 0.1) is 18.3 Å². The van der Waals surface area contributed by atoms with E-state index in [9.17, 15) is 0 Å². The van der Waals surface area contributed by atoms with Crippen LogP contribution in [0.1, 0.15) is 68.9 Å². The first-order chi connectivity index (χ1) is 12.4. The highest BCUT2D eigenvalue weighted by Gasteiger charge is 2.24. The Labute approximate surface area is 182 Å². The Kier molecular flexibility index (Phi) is 7.61. The number of aryl methyl sites for hydroxylation is 2. The number of aliphatic imine (C=N–C) groups is 1. The summed E-state index contributed by atoms with van der Waals surface area (Å²) in [5.41, 5.74) is 1.20. The molecule has 0 bridgehead atoms. The molecule has 9 heteroatoms. The topological polar surface area (TPSA) is 80.0 Å². The number of guanidine groups is 1. The van der Waals surface area contributed by atoms with Gasteiger partial charge < -0.3 is 10.6 Å². The summed E-state index contributed by atoms with van der Waals surface area (Å²) >= 11 is 1.67. The van der Waals surface area contributed by atoms with E-state index in [1.165, 1.54) is 0 Å². The van der Waals surface area contributed by atoms with Gasteiger partial charge in [-0.15, -0.1) is 35.3 Å². The summed E-state index contributed by atoms with van der Waals surface area (Å²) in [5, 5.41) is 14.5. The highest BCUT2D eigenvalue weighted by molar-refractivity contribution is 14.0. The minimum atomic E-state index is 0. The van der Waals surface area contributed by atoms with Crippen molar-refractivity contribution in [2.24, 2.45) is 4.99 Å². The maximum absolute atomic E-state index is 4.74. The number of nitrogens with zero attached hydrogens (tertiary/aromatic N) is 5. The molecule has 0 saturated heterocycles. The molecule has 1 aliphatic heterocycles. The van der Waals surface area contributed by atoms with Gasteiger partial charge in [-0.25, -0.2) is 19.6 Å². The second-order valence-corrected chi connectivity index (χ2v) is 8.59. The average molecular weight is 503 g/mol. The van der Waals surface area contributed by atoms with Crippen LogP contribution in [0.3, 0.4) is 0 Å². The van der Waals surface area contributed by atoms with Gasteiger partial charge in [-0.3, -0.25) is 0 Å². The molecule has 2 aromatic rings. The first kappa shape index (κ1) is 22.1. The minimum Gasteiger partial charge on any atom is -0.357 e. The molecule has 1 atom stereocenters. The molecule has 1 aliphatic rings. The van der Waals surface area contributed by atoms with Crippen LogP contribution in [-0.2, 0) is 18.5 Å². The SMILES string of the molecule is CCNC(=NCc1nc(C(C)(C)C)cs1)NC1CCCn2nc(C)nc21.I. The Bertz CT molecular complexity index is 775. The molecule has 3 heterocycles. The first-order valence-electron chi connectivity index (χ1n) is 9.28. The maximum Gasteiger partial charge on any atom is 0.192 e. The molecule has 0 aliphatic carbocycles. The molecule has 0 spiro atoms. The summed E-state index contributed by atoms with van der Waals surface area (Å²) in [6.07, 6.45) is 2.13. The van der Waals surface area contributed by atoms with E-state index in [-0.39, 0.29) is 35.4 Å². The number of halogens is 1. The highest BCUT2D eigenvalue weighted by Crippen LogP contribution is 2.25. The van der Waals surface area contributed by atoms with Crippen LogP contribution in [0.5, 0.6) is 0 Å². The van der Waals surface area contributed by atoms with Gasteiger partial charge in [0.2, 0.25) is 0 Å². The predicted octanol–water partition coefficient (Wildman–Crippen LogP) is 3.55. The van der Waals surface area contributed by atoms with Crippen LogP contribution in [0.2, 0.25) is 0 Å². The lowest BCUT2D eigenvalue weighted by Crippen LogP contribution is -2.41. The molecule has 0 amide bonds. The lowest BCUT2D eigenvalue weighted by Gasteiger charge is -2.24. The molecule has 150 valence electrons. The number of fused-ring (bicyclic) bond motifs is 1. The van der Waals surface area contributed by atoms with Crippen LogP contribution in [0, 0.1) is 6.92 Å². The molecule has 0 saturated carbocycles. The van der Waals surface area contributed by atoms with E-state index in [0.717, 1.165) is 54.2 Å². The van der Waals surface area contributed by atoms with E-state index in [2.05, 4.69) is 53.8 Å². The number of thiazole rings is 1. The molecule has 0 fully saturated rings. The number of hydrogen-bond donors (Lipinski definition) is 2. The molecule has 2 aromatic heterocycles. The summed E-state index contributed by atoms with van der Waals surface area (Å²) in [6.45, 7) is 12.9. The van der Waals surface area contributed by atoms with Gasteiger partial charge in [-0.2, -0.15) is 5.10 Å². The zero-order valence-corrected chi connectivity index (χ0v) is 19.9. The van der Waals surface area contributed by atoms with Gasteiger partial charge >= 0.3 is 0 Å². The molecule has 1 unspecified atom stereocenters. The number of aromatic nitrogens is 4. The fourth-order valence-electron chi connectivity index (χ4n) is 2.96. The van der Waals surface area contributed by atoms with Gasteiger partial charge in [0.25, 0.3) is 0 Å². The molecule has 0 radical (unpaired) electrons. The Balaban J connectivity index is 0.00000261. The van der Waals surface area contributed by atoms with Gasteiger partial charge in [0, 0.05) is 23.9 Å². The van der Waals surface area contributed by atoms with E-state index in [0.29, 0.717) is 6.54 Å². The van der Waals surface area contributed by atoms with Crippen LogP contribution in [0.15, 0.2) is 10.4 Å². The van der Waals surface area contributed by atoms with E-state index >= 15 is 0 Å². The van der Waals surface area contributed by atoms with Gasteiger partial charge in [-0.1, -0.05) is 20.8 Å². The normalized spacial score (nSPS) is 17.2. The average Bonchev–Trinajstić information content (AvgIpc) is 3.18. The fraction of sp³-hybridized carbons (Fsp3) is 0.667. The standard InChI is InChI=1S/C18H29N7S.HI/c1-6-19-17(20-10-15-23-14(11-26-15)18(3,4)5)22-13-8-7-9-25-16(13)21-12(2)24-25;/h11,13H,6-10H2,1-5H3,(H2,19,20,22);1H. The number of rotatable bonds is 4. The van der Waals surface area contributed by atoms with Crippen LogP contribution in [-0.4, -0.2) is 32.3 Å². The summed E-state index contributed by atoms with van der Waals surface area (Å²) in [7, 11) is 0. The largest absolute Gasteiger partial charge is 0.357 e. The smallest absolute Gasteiger partial charge is 0.192 e. The van der Waals surface area contributed by atoms with E-state index in [1.807, 2.05) is 11.6 Å².